The lowest BCUT2D eigenvalue weighted by molar-refractivity contribution is -0.175. The van der Waals surface area contributed by atoms with Crippen LogP contribution in [0.15, 0.2) is 0 Å². The second-order valence-electron chi connectivity index (χ2n) is 46.8. The van der Waals surface area contributed by atoms with E-state index in [0.29, 0.717) is 188 Å². The summed E-state index contributed by atoms with van der Waals surface area (Å²) in [5.74, 6) is -19.8. The molecule has 44 heteroatoms. The lowest BCUT2D eigenvalue weighted by atomic mass is 9.62. The van der Waals surface area contributed by atoms with Gasteiger partial charge in [0.15, 0.2) is 0 Å². The predicted molar refractivity (Wildman–Crippen MR) is 478 cm³/mol. The van der Waals surface area contributed by atoms with Crippen LogP contribution in [0.1, 0.15) is 231 Å². The molecule has 0 aromatic carbocycles. The van der Waals surface area contributed by atoms with Gasteiger partial charge in [0.05, 0.1) is 178 Å². The van der Waals surface area contributed by atoms with Crippen LogP contribution in [-0.2, 0) is 205 Å². The number of carbonyl (C=O) groups is 28. The maximum atomic E-state index is 12.0. The molecule has 14 saturated carbocycles. The molecule has 0 spiro atoms. The minimum absolute atomic E-state index is 0.0244. The van der Waals surface area contributed by atoms with Gasteiger partial charge in [0.2, 0.25) is 0 Å². The van der Waals surface area contributed by atoms with Crippen molar-refractivity contribution in [3.63, 3.8) is 0 Å². The van der Waals surface area contributed by atoms with Crippen LogP contribution in [0.2, 0.25) is 0 Å². The van der Waals surface area contributed by atoms with Crippen LogP contribution in [0, 0.1) is 225 Å². The van der Waals surface area contributed by atoms with Gasteiger partial charge in [-0.1, -0.05) is 6.42 Å². The molecule has 802 valence electrons. The Bertz CT molecular complexity index is 5280. The third-order valence-corrected chi connectivity index (χ3v) is 41.3. The summed E-state index contributed by atoms with van der Waals surface area (Å²) < 4.78 is 72.4. The average molecular weight is 2110 g/mol. The van der Waals surface area contributed by atoms with E-state index < -0.39 is 137 Å². The van der Waals surface area contributed by atoms with Gasteiger partial charge in [0, 0.05) is 10.5 Å². The molecule has 28 rings (SSSR count). The van der Waals surface area contributed by atoms with Gasteiger partial charge in [0.25, 0.3) is 0 Å². The molecule has 0 aromatic heterocycles. The fourth-order valence-electron chi connectivity index (χ4n) is 32.3. The van der Waals surface area contributed by atoms with Gasteiger partial charge in [-0.25, -0.2) is 0 Å². The summed E-state index contributed by atoms with van der Waals surface area (Å²) in [7, 11) is 0. The highest BCUT2D eigenvalue weighted by atomic mass is 32.2. The molecule has 150 heavy (non-hydrogen) atoms. The SMILES string of the molecule is O=C1OC(=O)C2CC(C3CCC4C(=O)OC(=O)C4C3)CCC12.O=C1OC(=O)C2CC(C3CCCC4C(=O)OC(=O)C43)CCC12.O=C1OC(=O)C2CC(CC3CCC4C(=O)OC(=O)C4C3)CCC12.O=C1OC(=O)C2CC(OC3CCC4C(=O)OC(=O)C4C3)CCC12.O=C1OC(=O)C2CC(SC3CCC4C(=O)OC(=O)C4C3)CCC12.O=C1OC(=O)C2CC1C1C3CC(C(=O)OC3=O)C21.O=C1OC(=O)C2CC3C4CC(C(=O)OC4=O)C3CC12. The molecule has 6 bridgehead atoms. The van der Waals surface area contributed by atoms with Crippen LogP contribution >= 0.6 is 11.8 Å². The molecular formula is C106H114O43S. The summed E-state index contributed by atoms with van der Waals surface area (Å²) in [6.45, 7) is 0. The van der Waals surface area contributed by atoms with Gasteiger partial charge in [-0.05, 0) is 284 Å². The Morgan fingerprint density at radius 3 is 0.720 bits per heavy atom. The molecule has 14 saturated heterocycles. The van der Waals surface area contributed by atoms with E-state index in [1.54, 1.807) is 0 Å². The molecule has 14 heterocycles. The summed E-state index contributed by atoms with van der Waals surface area (Å²) >= 11 is 1.81. The highest BCUT2D eigenvalue weighted by molar-refractivity contribution is 8.00. The van der Waals surface area contributed by atoms with E-state index in [2.05, 4.69) is 4.74 Å². The molecule has 14 aliphatic carbocycles. The summed E-state index contributed by atoms with van der Waals surface area (Å²) in [6.07, 6.45) is 24.9. The number of esters is 28. The molecule has 28 aliphatic rings. The highest BCUT2D eigenvalue weighted by Gasteiger charge is 2.70. The fourth-order valence-corrected chi connectivity index (χ4v) is 34.0. The summed E-state index contributed by atoms with van der Waals surface area (Å²) in [5.41, 5.74) is 0. The lowest BCUT2D eigenvalue weighted by Gasteiger charge is -2.39. The number of hydrogen-bond acceptors (Lipinski definition) is 44. The summed E-state index contributed by atoms with van der Waals surface area (Å²) in [4.78, 5) is 327. The molecule has 0 aromatic rings. The molecular weight excluding hydrogens is 1990 g/mol. The average Bonchev–Trinajstić information content (AvgIpc) is 1.54. The summed E-state index contributed by atoms with van der Waals surface area (Å²) in [5, 5.41) is 0.619. The van der Waals surface area contributed by atoms with Crippen LogP contribution < -0.4 is 0 Å². The van der Waals surface area contributed by atoms with E-state index in [0.717, 1.165) is 77.0 Å². The maximum absolute atomic E-state index is 12.0. The lowest BCUT2D eigenvalue weighted by Crippen LogP contribution is -2.39. The molecule has 0 N–H and O–H groups in total. The molecule has 40 atom stereocenters. The zero-order valence-electron chi connectivity index (χ0n) is 81.7. The van der Waals surface area contributed by atoms with Crippen molar-refractivity contribution in [3.8, 4) is 0 Å². The minimum Gasteiger partial charge on any atom is -0.393 e. The first-order chi connectivity index (χ1) is 71.8. The Labute approximate surface area is 858 Å². The topological polar surface area (TPSA) is 616 Å². The number of hydrogen-bond donors (Lipinski definition) is 0. The van der Waals surface area contributed by atoms with Crippen molar-refractivity contribution in [1.82, 2.24) is 0 Å². The Kier molecular flexibility index (Phi) is 27.9. The van der Waals surface area contributed by atoms with E-state index in [9.17, 15) is 134 Å². The normalized spacial score (nSPS) is 44.7. The minimum atomic E-state index is -0.545. The zero-order chi connectivity index (χ0) is 105. The van der Waals surface area contributed by atoms with Gasteiger partial charge < -0.3 is 71.1 Å². The van der Waals surface area contributed by atoms with Crippen LogP contribution in [0.25, 0.3) is 0 Å². The first kappa shape index (κ1) is 103. The number of cyclic esters (lactones) is 28. The number of carbonyl (C=O) groups excluding carboxylic acids is 28. The van der Waals surface area contributed by atoms with Crippen molar-refractivity contribution in [2.24, 2.45) is 225 Å². The Hall–Kier alpha value is -11.7. The Morgan fingerprint density at radius 2 is 0.393 bits per heavy atom. The van der Waals surface area contributed by atoms with Crippen LogP contribution in [0.3, 0.4) is 0 Å². The second kappa shape index (κ2) is 40.7. The smallest absolute Gasteiger partial charge is 0.317 e. The number of ether oxygens (including phenoxy) is 15. The molecule has 14 aliphatic heterocycles. The van der Waals surface area contributed by atoms with Gasteiger partial charge in [0.1, 0.15) is 0 Å². The monoisotopic (exact) mass is 2110 g/mol. The first-order valence-electron chi connectivity index (χ1n) is 53.7. The van der Waals surface area contributed by atoms with Crippen molar-refractivity contribution in [2.75, 3.05) is 0 Å². The van der Waals surface area contributed by atoms with Crippen molar-refractivity contribution >= 4 is 179 Å². The molecule has 0 radical (unpaired) electrons. The standard InChI is InChI=1S/C17H20O6.C16H18O7.C16H18O6S.2C16H18O6.C13H12O6.C12H10O6/c18-14-10-3-1-8(6-12(10)16(20)22-14)5-9-2-4-11-13(7-9)17(21)23-15(11)19;17-13-9-3-1-7(5-11(9)15(19)22-13)21-8-2-4-10-12(6-8)16(20)23-14(10)18;17-13-9-3-1-7(5-11(9)15(19)21-13)23-8-2-4-10-12(6-8)16(20)22-14(10)18;17-13-9-3-1-7(5-11(9)15(19)21-13)8-2-4-10-12(6-8)16(20)22-14(10)18;17-13-9-5-4-7(6-11(9)15(19)21-13)8-2-1-3-10-12(8)16(20)22-14(10)18;14-10-6-3-7(11(15)18-10)5-2-9-8(1-4(5)6)12(16)19-13(9)17;13-9-3-1-4(10(14)17-9)8-6-2-5(7(3)8)11(15)18-12(6)16/h8-13H,1-7H2;2*7-12H,1-6H2;2*7-12H,1-6H2;4-9H,1-3H2;3-8H,1-2H2. The molecule has 28 fully saturated rings. The van der Waals surface area contributed by atoms with Gasteiger partial charge in [-0.2, -0.15) is 11.8 Å². The van der Waals surface area contributed by atoms with E-state index in [1.807, 2.05) is 11.8 Å². The highest BCUT2D eigenvalue weighted by Crippen LogP contribution is 2.63. The maximum Gasteiger partial charge on any atom is 0.317 e. The van der Waals surface area contributed by atoms with Crippen molar-refractivity contribution in [3.05, 3.63) is 0 Å². The quantitative estimate of drug-likeness (QED) is 0.117. The number of rotatable bonds is 8. The van der Waals surface area contributed by atoms with Crippen LogP contribution in [-0.4, -0.2) is 190 Å². The van der Waals surface area contributed by atoms with Gasteiger partial charge in [-0.3, -0.25) is 134 Å². The van der Waals surface area contributed by atoms with Gasteiger partial charge in [-0.15, -0.1) is 0 Å². The Morgan fingerprint density at radius 1 is 0.167 bits per heavy atom. The Balaban J connectivity index is 0.0000000990. The predicted octanol–water partition coefficient (Wildman–Crippen LogP) is 5.95. The van der Waals surface area contributed by atoms with Crippen molar-refractivity contribution < 1.29 is 205 Å². The van der Waals surface area contributed by atoms with Gasteiger partial charge >= 0.3 is 167 Å². The van der Waals surface area contributed by atoms with E-state index in [1.165, 1.54) is 0 Å². The van der Waals surface area contributed by atoms with E-state index in [4.69, 9.17) is 66.3 Å². The van der Waals surface area contributed by atoms with Crippen LogP contribution in [0.5, 0.6) is 0 Å². The third kappa shape index (κ3) is 18.9. The van der Waals surface area contributed by atoms with E-state index >= 15 is 0 Å². The first-order valence-corrected chi connectivity index (χ1v) is 54.6. The zero-order valence-corrected chi connectivity index (χ0v) is 82.5. The third-order valence-electron chi connectivity index (χ3n) is 39.7. The van der Waals surface area contributed by atoms with Crippen LogP contribution in [0.4, 0.5) is 0 Å². The molecule has 43 nitrogen and oxygen atoms in total. The van der Waals surface area contributed by atoms with E-state index in [-0.39, 0.29) is 244 Å². The van der Waals surface area contributed by atoms with Crippen molar-refractivity contribution in [1.29, 1.82) is 0 Å². The fraction of sp³-hybridized carbons (Fsp3) is 0.736. The summed E-state index contributed by atoms with van der Waals surface area (Å²) in [6, 6.07) is 0. The molecule has 40 unspecified atom stereocenters. The number of thioether (sulfide) groups is 1. The largest absolute Gasteiger partial charge is 0.393 e. The molecule has 0 amide bonds. The van der Waals surface area contributed by atoms with Crippen molar-refractivity contribution in [2.45, 2.75) is 254 Å². The number of fused-ring (bicyclic) bond motifs is 25. The second-order valence-corrected chi connectivity index (χ2v) is 48.4.